The second-order valence-corrected chi connectivity index (χ2v) is 6.20. The molecule has 2 rings (SSSR count). The number of fused-ring (bicyclic) bond motifs is 1. The molecule has 20 heavy (non-hydrogen) atoms. The number of rotatable bonds is 6. The third-order valence-corrected chi connectivity index (χ3v) is 3.89. The number of anilines is 1. The molecule has 0 amide bonds. The van der Waals surface area contributed by atoms with Crippen LogP contribution in [0.2, 0.25) is 0 Å². The molecule has 4 nitrogen and oxygen atoms in total. The van der Waals surface area contributed by atoms with Gasteiger partial charge in [0.05, 0.1) is 0 Å². The summed E-state index contributed by atoms with van der Waals surface area (Å²) < 4.78 is 0. The molecule has 0 spiro atoms. The lowest BCUT2D eigenvalue weighted by Crippen LogP contribution is -2.32. The van der Waals surface area contributed by atoms with Crippen LogP contribution in [0.15, 0.2) is 6.33 Å². The van der Waals surface area contributed by atoms with Crippen molar-refractivity contribution in [2.24, 2.45) is 5.92 Å². The summed E-state index contributed by atoms with van der Waals surface area (Å²) in [5.41, 5.74) is 2.66. The monoisotopic (exact) mass is 276 g/mol. The topological polar surface area (TPSA) is 41.0 Å². The Bertz CT molecular complexity index is 417. The van der Waals surface area contributed by atoms with Crippen LogP contribution in [0, 0.1) is 5.92 Å². The van der Waals surface area contributed by atoms with E-state index in [1.54, 1.807) is 6.33 Å². The van der Waals surface area contributed by atoms with Crippen molar-refractivity contribution in [1.29, 1.82) is 0 Å². The van der Waals surface area contributed by atoms with E-state index in [1.807, 2.05) is 0 Å². The fourth-order valence-electron chi connectivity index (χ4n) is 2.75. The highest BCUT2D eigenvalue weighted by atomic mass is 15.2. The second-order valence-electron chi connectivity index (χ2n) is 6.20. The molecule has 1 aliphatic rings. The molecular weight excluding hydrogens is 248 g/mol. The maximum absolute atomic E-state index is 4.53. The molecule has 0 unspecified atom stereocenters. The summed E-state index contributed by atoms with van der Waals surface area (Å²) in [7, 11) is 2.14. The van der Waals surface area contributed by atoms with Gasteiger partial charge >= 0.3 is 0 Å². The largest absolute Gasteiger partial charge is 0.358 e. The van der Waals surface area contributed by atoms with Crippen molar-refractivity contribution >= 4 is 5.82 Å². The van der Waals surface area contributed by atoms with E-state index < -0.39 is 0 Å². The van der Waals surface area contributed by atoms with E-state index in [9.17, 15) is 0 Å². The lowest BCUT2D eigenvalue weighted by atomic mass is 10.1. The SMILES string of the molecule is CC(C)CNCCN(C)c1ncnc2c1CCCCC2. The van der Waals surface area contributed by atoms with Gasteiger partial charge in [-0.05, 0) is 38.1 Å². The number of nitrogens with zero attached hydrogens (tertiary/aromatic N) is 3. The minimum absolute atomic E-state index is 0.704. The van der Waals surface area contributed by atoms with Gasteiger partial charge in [-0.1, -0.05) is 20.3 Å². The first-order valence-electron chi connectivity index (χ1n) is 7.93. The number of likely N-dealkylation sites (N-methyl/N-ethyl adjacent to an activating group) is 1. The molecule has 0 fully saturated rings. The van der Waals surface area contributed by atoms with Gasteiger partial charge in [-0.2, -0.15) is 0 Å². The Morgan fingerprint density at radius 1 is 1.20 bits per heavy atom. The quantitative estimate of drug-likeness (QED) is 0.640. The van der Waals surface area contributed by atoms with E-state index in [0.717, 1.165) is 38.3 Å². The lowest BCUT2D eigenvalue weighted by molar-refractivity contribution is 0.553. The first kappa shape index (κ1) is 15.2. The zero-order chi connectivity index (χ0) is 14.4. The number of aryl methyl sites for hydroxylation is 1. The Hall–Kier alpha value is -1.16. The van der Waals surface area contributed by atoms with Gasteiger partial charge in [-0.3, -0.25) is 0 Å². The lowest BCUT2D eigenvalue weighted by Gasteiger charge is -2.22. The molecular formula is C16H28N4. The normalized spacial score (nSPS) is 15.0. The van der Waals surface area contributed by atoms with Crippen LogP contribution in [0.3, 0.4) is 0 Å². The number of hydrogen-bond donors (Lipinski definition) is 1. The summed E-state index contributed by atoms with van der Waals surface area (Å²) in [6, 6.07) is 0. The van der Waals surface area contributed by atoms with Gasteiger partial charge in [0.2, 0.25) is 0 Å². The van der Waals surface area contributed by atoms with Crippen LogP contribution < -0.4 is 10.2 Å². The fraction of sp³-hybridized carbons (Fsp3) is 0.750. The van der Waals surface area contributed by atoms with Crippen LogP contribution in [-0.2, 0) is 12.8 Å². The van der Waals surface area contributed by atoms with Crippen molar-refractivity contribution in [3.8, 4) is 0 Å². The molecule has 112 valence electrons. The molecule has 1 aliphatic carbocycles. The molecule has 1 aromatic heterocycles. The highest BCUT2D eigenvalue weighted by Gasteiger charge is 2.16. The molecule has 0 aliphatic heterocycles. The van der Waals surface area contributed by atoms with Crippen LogP contribution in [0.25, 0.3) is 0 Å². The average Bonchev–Trinajstić information content (AvgIpc) is 2.68. The first-order valence-corrected chi connectivity index (χ1v) is 7.93. The number of hydrogen-bond acceptors (Lipinski definition) is 4. The number of aromatic nitrogens is 2. The molecule has 4 heteroatoms. The maximum Gasteiger partial charge on any atom is 0.135 e. The number of nitrogens with one attached hydrogen (secondary N) is 1. The minimum Gasteiger partial charge on any atom is -0.358 e. The molecule has 0 atom stereocenters. The van der Waals surface area contributed by atoms with Crippen LogP contribution in [0.5, 0.6) is 0 Å². The first-order chi connectivity index (χ1) is 9.68. The highest BCUT2D eigenvalue weighted by molar-refractivity contribution is 5.48. The Morgan fingerprint density at radius 2 is 2.00 bits per heavy atom. The molecule has 1 heterocycles. The van der Waals surface area contributed by atoms with E-state index in [1.165, 1.54) is 30.5 Å². The third-order valence-electron chi connectivity index (χ3n) is 3.89. The van der Waals surface area contributed by atoms with Gasteiger partial charge in [0.15, 0.2) is 0 Å². The zero-order valence-electron chi connectivity index (χ0n) is 13.2. The van der Waals surface area contributed by atoms with Gasteiger partial charge in [0.25, 0.3) is 0 Å². The van der Waals surface area contributed by atoms with Crippen molar-refractivity contribution in [1.82, 2.24) is 15.3 Å². The van der Waals surface area contributed by atoms with E-state index in [4.69, 9.17) is 0 Å². The molecule has 1 aromatic rings. The van der Waals surface area contributed by atoms with Gasteiger partial charge < -0.3 is 10.2 Å². The predicted molar refractivity (Wildman–Crippen MR) is 84.3 cm³/mol. The van der Waals surface area contributed by atoms with Gasteiger partial charge in [0.1, 0.15) is 12.1 Å². The molecule has 0 bridgehead atoms. The summed E-state index contributed by atoms with van der Waals surface area (Å²) in [5, 5.41) is 3.49. The van der Waals surface area contributed by atoms with Crippen molar-refractivity contribution in [2.75, 3.05) is 31.6 Å². The predicted octanol–water partition coefficient (Wildman–Crippen LogP) is 2.43. The third kappa shape index (κ3) is 4.17. The molecule has 0 aromatic carbocycles. The second kappa shape index (κ2) is 7.58. The van der Waals surface area contributed by atoms with Crippen molar-refractivity contribution in [3.05, 3.63) is 17.6 Å². The van der Waals surface area contributed by atoms with E-state index in [0.29, 0.717) is 5.92 Å². The summed E-state index contributed by atoms with van der Waals surface area (Å²) in [4.78, 5) is 11.3. The average molecular weight is 276 g/mol. The van der Waals surface area contributed by atoms with Gasteiger partial charge in [0, 0.05) is 31.4 Å². The highest BCUT2D eigenvalue weighted by Crippen LogP contribution is 2.25. The summed E-state index contributed by atoms with van der Waals surface area (Å²) >= 11 is 0. The maximum atomic E-state index is 4.53. The van der Waals surface area contributed by atoms with E-state index in [-0.39, 0.29) is 0 Å². The van der Waals surface area contributed by atoms with E-state index in [2.05, 4.69) is 41.1 Å². The molecule has 0 saturated heterocycles. The fourth-order valence-corrected chi connectivity index (χ4v) is 2.75. The molecule has 1 N–H and O–H groups in total. The minimum atomic E-state index is 0.704. The zero-order valence-corrected chi connectivity index (χ0v) is 13.2. The van der Waals surface area contributed by atoms with Crippen molar-refractivity contribution in [3.63, 3.8) is 0 Å². The van der Waals surface area contributed by atoms with Crippen molar-refractivity contribution < 1.29 is 0 Å². The smallest absolute Gasteiger partial charge is 0.135 e. The Morgan fingerprint density at radius 3 is 2.80 bits per heavy atom. The van der Waals surface area contributed by atoms with Crippen LogP contribution >= 0.6 is 0 Å². The van der Waals surface area contributed by atoms with Gasteiger partial charge in [-0.25, -0.2) is 9.97 Å². The van der Waals surface area contributed by atoms with Crippen molar-refractivity contribution in [2.45, 2.75) is 46.0 Å². The summed E-state index contributed by atoms with van der Waals surface area (Å²) in [5.74, 6) is 1.85. The molecule has 0 saturated carbocycles. The van der Waals surface area contributed by atoms with Gasteiger partial charge in [-0.15, -0.1) is 0 Å². The van der Waals surface area contributed by atoms with Crippen LogP contribution in [-0.4, -0.2) is 36.6 Å². The molecule has 0 radical (unpaired) electrons. The van der Waals surface area contributed by atoms with Crippen LogP contribution in [0.1, 0.15) is 44.4 Å². The van der Waals surface area contributed by atoms with Crippen LogP contribution in [0.4, 0.5) is 5.82 Å². The Labute approximate surface area is 123 Å². The summed E-state index contributed by atoms with van der Waals surface area (Å²) in [6.45, 7) is 7.56. The standard InChI is InChI=1S/C16H28N4/c1-13(2)11-17-9-10-20(3)16-14-7-5-4-6-8-15(14)18-12-19-16/h12-13,17H,4-11H2,1-3H3. The Kier molecular flexibility index (Phi) is 5.77. The van der Waals surface area contributed by atoms with E-state index >= 15 is 0 Å². The summed E-state index contributed by atoms with van der Waals surface area (Å²) in [6.07, 6.45) is 7.84. The Balaban J connectivity index is 1.97.